The average molecular weight is 347 g/mol. The minimum atomic E-state index is -0.799. The van der Waals surface area contributed by atoms with Crippen LogP contribution in [-0.4, -0.2) is 50.0 Å². The van der Waals surface area contributed by atoms with Gasteiger partial charge in [0.1, 0.15) is 5.75 Å². The molecule has 1 fully saturated rings. The number of nitrogens with zero attached hydrogens (tertiary/aromatic N) is 1. The minimum Gasteiger partial charge on any atom is -0.496 e. The Morgan fingerprint density at radius 2 is 2.08 bits per heavy atom. The van der Waals surface area contributed by atoms with E-state index in [-0.39, 0.29) is 6.54 Å². The van der Waals surface area contributed by atoms with Gasteiger partial charge in [0.2, 0.25) is 0 Å². The van der Waals surface area contributed by atoms with Gasteiger partial charge in [0.25, 0.3) is 0 Å². The van der Waals surface area contributed by atoms with E-state index in [2.05, 4.69) is 15.6 Å². The number of rotatable bonds is 5. The fourth-order valence-electron chi connectivity index (χ4n) is 2.29. The quantitative estimate of drug-likeness (QED) is 0.769. The van der Waals surface area contributed by atoms with Crippen molar-refractivity contribution in [2.75, 3.05) is 32.2 Å². The molecule has 132 valence electrons. The van der Waals surface area contributed by atoms with Crippen LogP contribution < -0.4 is 15.4 Å². The topological polar surface area (TPSA) is 112 Å². The molecule has 0 spiro atoms. The van der Waals surface area contributed by atoms with E-state index in [9.17, 15) is 9.59 Å². The highest BCUT2D eigenvalue weighted by Crippen LogP contribution is 2.32. The van der Waals surface area contributed by atoms with Crippen molar-refractivity contribution in [2.24, 2.45) is 0 Å². The summed E-state index contributed by atoms with van der Waals surface area (Å²) in [7, 11) is 1.50. The first-order valence-electron chi connectivity index (χ1n) is 7.56. The number of carbonyl (C=O) groups excluding carboxylic acids is 2. The van der Waals surface area contributed by atoms with E-state index in [0.29, 0.717) is 36.0 Å². The highest BCUT2D eigenvalue weighted by atomic mass is 16.7. The molecule has 1 saturated heterocycles. The predicted octanol–water partition coefficient (Wildman–Crippen LogP) is 0.778. The van der Waals surface area contributed by atoms with Crippen molar-refractivity contribution in [1.82, 2.24) is 10.3 Å². The number of benzene rings is 1. The molecular weight excluding hydrogens is 330 g/mol. The zero-order valence-corrected chi connectivity index (χ0v) is 13.5. The summed E-state index contributed by atoms with van der Waals surface area (Å²) < 4.78 is 20.9. The number of hydrogen-bond acceptors (Lipinski definition) is 7. The van der Waals surface area contributed by atoms with E-state index in [1.807, 2.05) is 0 Å². The lowest BCUT2D eigenvalue weighted by Crippen LogP contribution is -2.39. The summed E-state index contributed by atoms with van der Waals surface area (Å²) in [6, 6.07) is 4.92. The maximum Gasteiger partial charge on any atom is 0.313 e. The third-order valence-electron chi connectivity index (χ3n) is 3.48. The summed E-state index contributed by atoms with van der Waals surface area (Å²) in [4.78, 5) is 27.6. The first-order valence-corrected chi connectivity index (χ1v) is 7.56. The fraction of sp³-hybridized carbons (Fsp3) is 0.312. The Morgan fingerprint density at radius 3 is 2.76 bits per heavy atom. The van der Waals surface area contributed by atoms with Gasteiger partial charge in [-0.05, 0) is 12.1 Å². The molecule has 9 nitrogen and oxygen atoms in total. The van der Waals surface area contributed by atoms with Crippen molar-refractivity contribution >= 4 is 17.5 Å². The number of amides is 2. The molecule has 0 bridgehead atoms. The van der Waals surface area contributed by atoms with Gasteiger partial charge in [-0.1, -0.05) is 0 Å². The van der Waals surface area contributed by atoms with E-state index in [0.717, 1.165) is 0 Å². The Labute approximate surface area is 143 Å². The largest absolute Gasteiger partial charge is 0.496 e. The summed E-state index contributed by atoms with van der Waals surface area (Å²) in [5.74, 6) is -0.573. The van der Waals surface area contributed by atoms with E-state index in [1.165, 1.54) is 13.5 Å². The molecular formula is C16H17N3O6. The van der Waals surface area contributed by atoms with Crippen LogP contribution in [0.15, 0.2) is 35.2 Å². The number of nitrogens with one attached hydrogen (secondary N) is 2. The molecule has 1 aliphatic heterocycles. The van der Waals surface area contributed by atoms with E-state index < -0.39 is 18.1 Å². The molecule has 2 aromatic rings. The molecule has 0 atom stereocenters. The van der Waals surface area contributed by atoms with Crippen molar-refractivity contribution < 1.29 is 28.2 Å². The van der Waals surface area contributed by atoms with Crippen LogP contribution in [0.25, 0.3) is 11.3 Å². The van der Waals surface area contributed by atoms with Gasteiger partial charge in [0.15, 0.2) is 18.4 Å². The molecule has 1 aromatic heterocycles. The summed E-state index contributed by atoms with van der Waals surface area (Å²) in [5, 5.41) is 4.96. The third-order valence-corrected chi connectivity index (χ3v) is 3.48. The second-order valence-corrected chi connectivity index (χ2v) is 5.12. The van der Waals surface area contributed by atoms with Gasteiger partial charge < -0.3 is 29.3 Å². The first-order chi connectivity index (χ1) is 12.2. The molecule has 0 unspecified atom stereocenters. The summed E-state index contributed by atoms with van der Waals surface area (Å²) in [6.45, 7) is 1.06. The van der Waals surface area contributed by atoms with Gasteiger partial charge in [-0.15, -0.1) is 0 Å². The number of hydrogen-bond donors (Lipinski definition) is 2. The molecule has 9 heteroatoms. The minimum absolute atomic E-state index is 0.111. The van der Waals surface area contributed by atoms with Gasteiger partial charge >= 0.3 is 11.8 Å². The lowest BCUT2D eigenvalue weighted by Gasteiger charge is -2.12. The van der Waals surface area contributed by atoms with E-state index in [1.54, 1.807) is 24.4 Å². The lowest BCUT2D eigenvalue weighted by molar-refractivity contribution is -0.137. The smallest absolute Gasteiger partial charge is 0.313 e. The number of aromatic nitrogens is 1. The Balaban J connectivity index is 1.61. The molecule has 2 amide bonds. The lowest BCUT2D eigenvalue weighted by atomic mass is 10.1. The third kappa shape index (κ3) is 4.14. The van der Waals surface area contributed by atoms with Crippen LogP contribution in [0.1, 0.15) is 0 Å². The van der Waals surface area contributed by atoms with Crippen molar-refractivity contribution in [1.29, 1.82) is 0 Å². The Kier molecular flexibility index (Phi) is 5.26. The predicted molar refractivity (Wildman–Crippen MR) is 85.8 cm³/mol. The first kappa shape index (κ1) is 16.9. The van der Waals surface area contributed by atoms with Crippen LogP contribution in [-0.2, 0) is 19.1 Å². The van der Waals surface area contributed by atoms with Crippen molar-refractivity contribution in [3.05, 3.63) is 30.8 Å². The van der Waals surface area contributed by atoms with Crippen molar-refractivity contribution in [2.45, 2.75) is 6.29 Å². The molecule has 0 saturated carbocycles. The maximum absolute atomic E-state index is 12.0. The molecule has 25 heavy (non-hydrogen) atoms. The Bertz CT molecular complexity index is 740. The van der Waals surface area contributed by atoms with Crippen molar-refractivity contribution in [3.8, 4) is 17.1 Å². The summed E-state index contributed by atoms with van der Waals surface area (Å²) in [5.41, 5.74) is 1.09. The molecule has 2 N–H and O–H groups in total. The SMILES string of the molecule is COc1cc(NC(=O)C(=O)NCC2OCCO2)ccc1-c1cnco1. The van der Waals surface area contributed by atoms with Gasteiger partial charge in [0.05, 0.1) is 38.6 Å². The van der Waals surface area contributed by atoms with Crippen LogP contribution in [0.2, 0.25) is 0 Å². The van der Waals surface area contributed by atoms with Crippen LogP contribution in [0.5, 0.6) is 5.75 Å². The molecule has 1 aliphatic rings. The molecule has 2 heterocycles. The highest BCUT2D eigenvalue weighted by Gasteiger charge is 2.20. The van der Waals surface area contributed by atoms with Crippen LogP contribution in [0, 0.1) is 0 Å². The standard InChI is InChI=1S/C16H17N3O6/c1-22-12-6-10(2-3-11(12)13-7-17-9-25-13)19-16(21)15(20)18-8-14-23-4-5-24-14/h2-3,6-7,9,14H,4-5,8H2,1H3,(H,18,20)(H,19,21). The second kappa shape index (κ2) is 7.77. The number of carbonyl (C=O) groups is 2. The molecule has 0 aliphatic carbocycles. The Morgan fingerprint density at radius 1 is 1.28 bits per heavy atom. The van der Waals surface area contributed by atoms with Crippen LogP contribution >= 0.6 is 0 Å². The zero-order chi connectivity index (χ0) is 17.6. The van der Waals surface area contributed by atoms with Crippen LogP contribution in [0.3, 0.4) is 0 Å². The highest BCUT2D eigenvalue weighted by molar-refractivity contribution is 6.39. The summed E-state index contributed by atoms with van der Waals surface area (Å²) in [6.07, 6.45) is 2.35. The number of oxazole rings is 1. The van der Waals surface area contributed by atoms with Gasteiger partial charge in [-0.2, -0.15) is 0 Å². The number of anilines is 1. The van der Waals surface area contributed by atoms with Crippen LogP contribution in [0.4, 0.5) is 5.69 Å². The monoisotopic (exact) mass is 347 g/mol. The zero-order valence-electron chi connectivity index (χ0n) is 13.5. The van der Waals surface area contributed by atoms with Gasteiger partial charge in [0, 0.05) is 11.8 Å². The van der Waals surface area contributed by atoms with Gasteiger partial charge in [-0.25, -0.2) is 4.98 Å². The fourth-order valence-corrected chi connectivity index (χ4v) is 2.29. The van der Waals surface area contributed by atoms with E-state index >= 15 is 0 Å². The second-order valence-electron chi connectivity index (χ2n) is 5.12. The van der Waals surface area contributed by atoms with E-state index in [4.69, 9.17) is 18.6 Å². The normalized spacial score (nSPS) is 14.3. The number of ether oxygens (including phenoxy) is 3. The van der Waals surface area contributed by atoms with Gasteiger partial charge in [-0.3, -0.25) is 9.59 Å². The molecule has 0 radical (unpaired) electrons. The number of methoxy groups -OCH3 is 1. The average Bonchev–Trinajstić information content (AvgIpc) is 3.33. The molecule has 1 aromatic carbocycles. The summed E-state index contributed by atoms with van der Waals surface area (Å²) >= 11 is 0. The maximum atomic E-state index is 12.0. The molecule has 3 rings (SSSR count). The Hall–Kier alpha value is -2.91. The van der Waals surface area contributed by atoms with Crippen molar-refractivity contribution in [3.63, 3.8) is 0 Å².